The number of ether oxygens (including phenoxy) is 1. The van der Waals surface area contributed by atoms with Crippen LogP contribution in [0, 0.1) is 6.92 Å². The van der Waals surface area contributed by atoms with Crippen LogP contribution in [0.3, 0.4) is 0 Å². The molecule has 12 heteroatoms. The SMILES string of the molecule is Cc1ccc(C(C)C)c(N2CCSC2=NC(O)NC(C)C(C)c2ccc(-c3ncn(-c4ccc(OC(F)(F)F)cc4)n3)cc2)c1. The van der Waals surface area contributed by atoms with E-state index in [-0.39, 0.29) is 17.7 Å². The van der Waals surface area contributed by atoms with Crippen molar-refractivity contribution in [3.63, 3.8) is 0 Å². The predicted molar refractivity (Wildman–Crippen MR) is 173 cm³/mol. The third kappa shape index (κ3) is 8.05. The van der Waals surface area contributed by atoms with Gasteiger partial charge in [0.1, 0.15) is 12.1 Å². The van der Waals surface area contributed by atoms with E-state index in [9.17, 15) is 18.3 Å². The number of hydrogen-bond acceptors (Lipinski definition) is 7. The van der Waals surface area contributed by atoms with Gasteiger partial charge in [-0.2, -0.15) is 0 Å². The molecule has 0 radical (unpaired) electrons. The van der Waals surface area contributed by atoms with Gasteiger partial charge in [-0.1, -0.05) is 68.9 Å². The van der Waals surface area contributed by atoms with E-state index in [1.54, 1.807) is 11.8 Å². The van der Waals surface area contributed by atoms with Gasteiger partial charge in [0.05, 0.1) is 5.69 Å². The number of amidine groups is 1. The number of aliphatic hydroxyl groups is 1. The number of nitrogens with one attached hydrogen (secondary N) is 1. The monoisotopic (exact) mass is 638 g/mol. The summed E-state index contributed by atoms with van der Waals surface area (Å²) in [6.45, 7) is 11.4. The van der Waals surface area contributed by atoms with Crippen LogP contribution in [-0.2, 0) is 0 Å². The molecular weight excluding hydrogens is 601 g/mol. The van der Waals surface area contributed by atoms with Gasteiger partial charge in [-0.15, -0.1) is 18.3 Å². The number of aliphatic hydroxyl groups excluding tert-OH is 1. The summed E-state index contributed by atoms with van der Waals surface area (Å²) in [7, 11) is 0. The van der Waals surface area contributed by atoms with Crippen LogP contribution in [0.1, 0.15) is 56.2 Å². The molecule has 1 saturated heterocycles. The van der Waals surface area contributed by atoms with Crippen molar-refractivity contribution < 1.29 is 23.0 Å². The van der Waals surface area contributed by atoms with E-state index in [0.717, 1.165) is 34.3 Å². The number of thioether (sulfide) groups is 1. The first-order valence-electron chi connectivity index (χ1n) is 14.8. The molecule has 2 N–H and O–H groups in total. The number of benzene rings is 3. The zero-order chi connectivity index (χ0) is 32.3. The summed E-state index contributed by atoms with van der Waals surface area (Å²) in [5, 5.41) is 19.4. The van der Waals surface area contributed by atoms with Crippen molar-refractivity contribution >= 4 is 22.6 Å². The quantitative estimate of drug-likeness (QED) is 0.177. The zero-order valence-electron chi connectivity index (χ0n) is 25.8. The molecule has 1 fully saturated rings. The standard InChI is InChI=1S/C33H37F3N6O2S/c1-20(2)28-15-6-21(3)18-29(28)41-16-17-45-32(41)39-31(43)38-23(5)22(4)24-7-9-25(10-8-24)30-37-19-42(40-30)26-11-13-27(14-12-26)44-33(34,35)36/h6-15,18-20,22-23,31,38,43H,16-17H2,1-5H3. The number of halogens is 3. The van der Waals surface area contributed by atoms with Crippen LogP contribution in [0.25, 0.3) is 17.1 Å². The van der Waals surface area contributed by atoms with E-state index < -0.39 is 12.7 Å². The fraction of sp³-hybridized carbons (Fsp3) is 0.364. The lowest BCUT2D eigenvalue weighted by atomic mass is 9.93. The average molecular weight is 639 g/mol. The molecule has 0 bridgehead atoms. The lowest BCUT2D eigenvalue weighted by molar-refractivity contribution is -0.274. The van der Waals surface area contributed by atoms with E-state index in [4.69, 9.17) is 0 Å². The minimum Gasteiger partial charge on any atom is -0.406 e. The van der Waals surface area contributed by atoms with E-state index in [1.807, 2.05) is 31.2 Å². The lowest BCUT2D eigenvalue weighted by Crippen LogP contribution is -2.39. The molecular formula is C33H37F3N6O2S. The molecule has 0 aliphatic carbocycles. The van der Waals surface area contributed by atoms with Crippen LogP contribution in [-0.4, -0.2) is 56.1 Å². The minimum atomic E-state index is -4.75. The molecule has 5 rings (SSSR count). The van der Waals surface area contributed by atoms with Crippen LogP contribution >= 0.6 is 11.8 Å². The van der Waals surface area contributed by atoms with E-state index >= 15 is 0 Å². The van der Waals surface area contributed by atoms with Gasteiger partial charge in [0.15, 0.2) is 11.0 Å². The summed E-state index contributed by atoms with van der Waals surface area (Å²) in [6, 6.07) is 19.7. The predicted octanol–water partition coefficient (Wildman–Crippen LogP) is 7.23. The Morgan fingerprint density at radius 2 is 1.71 bits per heavy atom. The molecule has 0 spiro atoms. The molecule has 238 valence electrons. The molecule has 1 aliphatic rings. The van der Waals surface area contributed by atoms with Crippen LogP contribution in [0.15, 0.2) is 78.0 Å². The smallest absolute Gasteiger partial charge is 0.406 e. The Morgan fingerprint density at radius 1 is 1.00 bits per heavy atom. The van der Waals surface area contributed by atoms with E-state index in [1.165, 1.54) is 46.4 Å². The number of aliphatic imine (C=N–C) groups is 1. The maximum absolute atomic E-state index is 12.4. The summed E-state index contributed by atoms with van der Waals surface area (Å²) in [6.07, 6.45) is -4.30. The van der Waals surface area contributed by atoms with Crippen molar-refractivity contribution in [2.24, 2.45) is 4.99 Å². The van der Waals surface area contributed by atoms with Gasteiger partial charge in [0, 0.05) is 29.6 Å². The highest BCUT2D eigenvalue weighted by Crippen LogP contribution is 2.34. The van der Waals surface area contributed by atoms with Gasteiger partial charge in [0.25, 0.3) is 0 Å². The number of hydrogen-bond donors (Lipinski definition) is 2. The van der Waals surface area contributed by atoms with Crippen molar-refractivity contribution in [3.8, 4) is 22.8 Å². The lowest BCUT2D eigenvalue weighted by Gasteiger charge is -2.26. The van der Waals surface area contributed by atoms with Gasteiger partial charge in [-0.25, -0.2) is 14.7 Å². The summed E-state index contributed by atoms with van der Waals surface area (Å²) < 4.78 is 42.8. The van der Waals surface area contributed by atoms with Gasteiger partial charge in [-0.3, -0.25) is 5.32 Å². The molecule has 3 unspecified atom stereocenters. The van der Waals surface area contributed by atoms with Gasteiger partial charge >= 0.3 is 6.36 Å². The zero-order valence-corrected chi connectivity index (χ0v) is 26.6. The summed E-state index contributed by atoms with van der Waals surface area (Å²) in [5.41, 5.74) is 6.01. The Labute approximate surface area is 265 Å². The summed E-state index contributed by atoms with van der Waals surface area (Å²) >= 11 is 1.65. The fourth-order valence-electron chi connectivity index (χ4n) is 5.17. The highest BCUT2D eigenvalue weighted by atomic mass is 32.2. The van der Waals surface area contributed by atoms with Crippen molar-refractivity contribution in [2.45, 2.75) is 65.2 Å². The molecule has 8 nitrogen and oxygen atoms in total. The number of nitrogens with zero attached hydrogens (tertiary/aromatic N) is 5. The molecule has 0 saturated carbocycles. The molecule has 45 heavy (non-hydrogen) atoms. The normalized spacial score (nSPS) is 16.8. The second-order valence-electron chi connectivity index (χ2n) is 11.4. The molecule has 4 aromatic rings. The Hall–Kier alpha value is -3.87. The Kier molecular flexibility index (Phi) is 9.85. The first-order valence-corrected chi connectivity index (χ1v) is 15.8. The molecule has 1 aliphatic heterocycles. The first kappa shape index (κ1) is 32.5. The van der Waals surface area contributed by atoms with Gasteiger partial charge < -0.3 is 14.7 Å². The highest BCUT2D eigenvalue weighted by Gasteiger charge is 2.31. The highest BCUT2D eigenvalue weighted by molar-refractivity contribution is 8.14. The van der Waals surface area contributed by atoms with Crippen LogP contribution in [0.4, 0.5) is 18.9 Å². The second kappa shape index (κ2) is 13.6. The third-order valence-corrected chi connectivity index (χ3v) is 8.76. The summed E-state index contributed by atoms with van der Waals surface area (Å²) in [5.74, 6) is 1.52. The second-order valence-corrected chi connectivity index (χ2v) is 12.5. The van der Waals surface area contributed by atoms with Gasteiger partial charge in [0.2, 0.25) is 6.35 Å². The molecule has 3 aromatic carbocycles. The number of alkyl halides is 3. The first-order chi connectivity index (χ1) is 21.4. The maximum atomic E-state index is 12.4. The van der Waals surface area contributed by atoms with Crippen LogP contribution in [0.5, 0.6) is 5.75 Å². The molecule has 1 aromatic heterocycles. The van der Waals surface area contributed by atoms with Gasteiger partial charge in [-0.05, 0) is 72.7 Å². The van der Waals surface area contributed by atoms with Crippen molar-refractivity contribution in [2.75, 3.05) is 17.2 Å². The van der Waals surface area contributed by atoms with E-state index in [2.05, 4.69) is 75.9 Å². The molecule has 3 atom stereocenters. The number of aromatic nitrogens is 3. The summed E-state index contributed by atoms with van der Waals surface area (Å²) in [4.78, 5) is 11.2. The number of rotatable bonds is 10. The fourth-order valence-corrected chi connectivity index (χ4v) is 6.15. The van der Waals surface area contributed by atoms with E-state index in [0.29, 0.717) is 17.4 Å². The molecule has 0 amide bonds. The number of anilines is 1. The average Bonchev–Trinajstić information content (AvgIpc) is 3.66. The Morgan fingerprint density at radius 3 is 2.38 bits per heavy atom. The maximum Gasteiger partial charge on any atom is 0.573 e. The Balaban J connectivity index is 1.22. The van der Waals surface area contributed by atoms with Crippen molar-refractivity contribution in [3.05, 3.63) is 89.7 Å². The molecule has 2 heterocycles. The van der Waals surface area contributed by atoms with Crippen LogP contribution in [0.2, 0.25) is 0 Å². The Bertz CT molecular complexity index is 1620. The third-order valence-electron chi connectivity index (χ3n) is 7.79. The minimum absolute atomic E-state index is 0.0634. The number of aryl methyl sites for hydroxylation is 1. The van der Waals surface area contributed by atoms with Crippen molar-refractivity contribution in [1.82, 2.24) is 20.1 Å². The van der Waals surface area contributed by atoms with Crippen molar-refractivity contribution in [1.29, 1.82) is 0 Å². The largest absolute Gasteiger partial charge is 0.573 e. The topological polar surface area (TPSA) is 87.8 Å². The van der Waals surface area contributed by atoms with Crippen LogP contribution < -0.4 is 15.0 Å².